The van der Waals surface area contributed by atoms with Gasteiger partial charge in [-0.3, -0.25) is 4.79 Å². The summed E-state index contributed by atoms with van der Waals surface area (Å²) in [6.45, 7) is 1.81. The lowest BCUT2D eigenvalue weighted by Crippen LogP contribution is -2.48. The molecule has 0 aromatic heterocycles. The van der Waals surface area contributed by atoms with Gasteiger partial charge in [-0.05, 0) is 26.2 Å². The van der Waals surface area contributed by atoms with Crippen molar-refractivity contribution < 1.29 is 9.90 Å². The van der Waals surface area contributed by atoms with E-state index in [-0.39, 0.29) is 24.1 Å². The van der Waals surface area contributed by atoms with Gasteiger partial charge in [-0.1, -0.05) is 0 Å². The first kappa shape index (κ1) is 10.5. The number of aliphatic hydroxyl groups is 1. The lowest BCUT2D eigenvalue weighted by atomic mass is 10.2. The first-order valence-electron chi connectivity index (χ1n) is 4.81. The molecule has 1 fully saturated rings. The van der Waals surface area contributed by atoms with Crippen molar-refractivity contribution in [2.24, 2.45) is 0 Å². The Morgan fingerprint density at radius 3 is 2.69 bits per heavy atom. The summed E-state index contributed by atoms with van der Waals surface area (Å²) >= 11 is 0. The quantitative estimate of drug-likeness (QED) is 0.563. The van der Waals surface area contributed by atoms with Crippen molar-refractivity contribution in [3.63, 3.8) is 0 Å². The van der Waals surface area contributed by atoms with Crippen molar-refractivity contribution >= 4 is 5.91 Å². The lowest BCUT2D eigenvalue weighted by molar-refractivity contribution is -0.122. The summed E-state index contributed by atoms with van der Waals surface area (Å²) in [5.41, 5.74) is 0. The molecule has 0 spiro atoms. The van der Waals surface area contributed by atoms with Crippen molar-refractivity contribution in [3.8, 4) is 0 Å². The number of aliphatic hydroxyl groups excluding tert-OH is 1. The van der Waals surface area contributed by atoms with E-state index in [2.05, 4.69) is 10.6 Å². The van der Waals surface area contributed by atoms with Crippen molar-refractivity contribution in [2.75, 3.05) is 7.05 Å². The topological polar surface area (TPSA) is 61.4 Å². The molecule has 0 aromatic carbocycles. The normalized spacial score (nSPS) is 30.1. The van der Waals surface area contributed by atoms with Gasteiger partial charge in [0.2, 0.25) is 5.91 Å². The number of carbonyl (C=O) groups is 1. The van der Waals surface area contributed by atoms with Gasteiger partial charge < -0.3 is 15.7 Å². The van der Waals surface area contributed by atoms with E-state index in [0.717, 1.165) is 19.3 Å². The van der Waals surface area contributed by atoms with Crippen molar-refractivity contribution in [1.29, 1.82) is 0 Å². The second-order valence-corrected chi connectivity index (χ2v) is 3.61. The van der Waals surface area contributed by atoms with Crippen LogP contribution in [0.25, 0.3) is 0 Å². The first-order valence-corrected chi connectivity index (χ1v) is 4.81. The van der Waals surface area contributed by atoms with Gasteiger partial charge in [-0.15, -0.1) is 0 Å². The molecule has 3 N–H and O–H groups in total. The van der Waals surface area contributed by atoms with Crippen LogP contribution in [0.5, 0.6) is 0 Å². The van der Waals surface area contributed by atoms with Crippen LogP contribution in [0.15, 0.2) is 0 Å². The van der Waals surface area contributed by atoms with E-state index < -0.39 is 0 Å². The summed E-state index contributed by atoms with van der Waals surface area (Å²) in [5, 5.41) is 15.2. The third kappa shape index (κ3) is 2.67. The number of rotatable bonds is 3. The monoisotopic (exact) mass is 186 g/mol. The van der Waals surface area contributed by atoms with Gasteiger partial charge in [-0.25, -0.2) is 0 Å². The number of nitrogens with one attached hydrogen (secondary N) is 2. The van der Waals surface area contributed by atoms with Gasteiger partial charge in [-0.2, -0.15) is 0 Å². The molecular weight excluding hydrogens is 168 g/mol. The summed E-state index contributed by atoms with van der Waals surface area (Å²) in [4.78, 5) is 11.2. The van der Waals surface area contributed by atoms with Gasteiger partial charge in [0, 0.05) is 13.1 Å². The van der Waals surface area contributed by atoms with Gasteiger partial charge in [0.15, 0.2) is 0 Å². The maximum absolute atomic E-state index is 11.2. The Labute approximate surface area is 78.7 Å². The highest BCUT2D eigenvalue weighted by Crippen LogP contribution is 2.18. The molecule has 1 aliphatic rings. The SMILES string of the molecule is CNC(=O)C(C)NC1CCCC1O. The van der Waals surface area contributed by atoms with Crippen LogP contribution >= 0.6 is 0 Å². The smallest absolute Gasteiger partial charge is 0.236 e. The van der Waals surface area contributed by atoms with Crippen molar-refractivity contribution in [1.82, 2.24) is 10.6 Å². The molecule has 1 aliphatic carbocycles. The molecule has 4 heteroatoms. The molecule has 0 radical (unpaired) electrons. The fraction of sp³-hybridized carbons (Fsp3) is 0.889. The maximum atomic E-state index is 11.2. The predicted octanol–water partition coefficient (Wildman–Crippen LogP) is -0.376. The number of hydrogen-bond donors (Lipinski definition) is 3. The molecule has 0 heterocycles. The minimum atomic E-state index is -0.285. The van der Waals surface area contributed by atoms with Crippen LogP contribution in [-0.4, -0.2) is 36.2 Å². The second-order valence-electron chi connectivity index (χ2n) is 3.61. The average Bonchev–Trinajstić information content (AvgIpc) is 2.50. The first-order chi connectivity index (χ1) is 6.15. The summed E-state index contributed by atoms with van der Waals surface area (Å²) in [6.07, 6.45) is 2.56. The molecule has 3 unspecified atom stereocenters. The summed E-state index contributed by atoms with van der Waals surface area (Å²) in [7, 11) is 1.62. The molecule has 1 rings (SSSR count). The van der Waals surface area contributed by atoms with E-state index in [4.69, 9.17) is 0 Å². The molecular formula is C9H18N2O2. The fourth-order valence-electron chi connectivity index (χ4n) is 1.75. The minimum Gasteiger partial charge on any atom is -0.392 e. The van der Waals surface area contributed by atoms with Crippen LogP contribution in [-0.2, 0) is 4.79 Å². The van der Waals surface area contributed by atoms with Crippen LogP contribution < -0.4 is 10.6 Å². The van der Waals surface area contributed by atoms with Gasteiger partial charge >= 0.3 is 0 Å². The summed E-state index contributed by atoms with van der Waals surface area (Å²) < 4.78 is 0. The standard InChI is InChI=1S/C9H18N2O2/c1-6(9(13)10-2)11-7-4-3-5-8(7)12/h6-8,11-12H,3-5H2,1-2H3,(H,10,13). The Kier molecular flexibility index (Phi) is 3.69. The van der Waals surface area contributed by atoms with E-state index >= 15 is 0 Å². The molecule has 3 atom stereocenters. The lowest BCUT2D eigenvalue weighted by Gasteiger charge is -2.20. The van der Waals surface area contributed by atoms with E-state index in [0.29, 0.717) is 0 Å². The van der Waals surface area contributed by atoms with E-state index in [1.54, 1.807) is 7.05 Å². The molecule has 0 saturated heterocycles. The third-order valence-corrected chi connectivity index (χ3v) is 2.58. The Bertz CT molecular complexity index is 184. The van der Waals surface area contributed by atoms with Gasteiger partial charge in [0.25, 0.3) is 0 Å². The van der Waals surface area contributed by atoms with Crippen LogP contribution in [0, 0.1) is 0 Å². The van der Waals surface area contributed by atoms with Gasteiger partial charge in [0.05, 0.1) is 12.1 Å². The summed E-state index contributed by atoms with van der Waals surface area (Å²) in [5.74, 6) is -0.0286. The van der Waals surface area contributed by atoms with E-state index in [1.165, 1.54) is 0 Å². The number of hydrogen-bond acceptors (Lipinski definition) is 3. The predicted molar refractivity (Wildman–Crippen MR) is 50.3 cm³/mol. The molecule has 1 amide bonds. The highest BCUT2D eigenvalue weighted by molar-refractivity contribution is 5.80. The molecule has 0 bridgehead atoms. The van der Waals surface area contributed by atoms with Crippen molar-refractivity contribution in [2.45, 2.75) is 44.4 Å². The van der Waals surface area contributed by atoms with Crippen LogP contribution in [0.3, 0.4) is 0 Å². The number of likely N-dealkylation sites (N-methyl/N-ethyl adjacent to an activating group) is 1. The largest absolute Gasteiger partial charge is 0.392 e. The minimum absolute atomic E-state index is 0.0286. The molecule has 0 aliphatic heterocycles. The number of amides is 1. The second kappa shape index (κ2) is 4.58. The van der Waals surface area contributed by atoms with Crippen molar-refractivity contribution in [3.05, 3.63) is 0 Å². The van der Waals surface area contributed by atoms with Crippen LogP contribution in [0.4, 0.5) is 0 Å². The van der Waals surface area contributed by atoms with Crippen LogP contribution in [0.1, 0.15) is 26.2 Å². The molecule has 1 saturated carbocycles. The molecule has 0 aromatic rings. The molecule has 13 heavy (non-hydrogen) atoms. The molecule has 4 nitrogen and oxygen atoms in total. The van der Waals surface area contributed by atoms with E-state index in [9.17, 15) is 9.90 Å². The average molecular weight is 186 g/mol. The zero-order valence-corrected chi connectivity index (χ0v) is 8.21. The van der Waals surface area contributed by atoms with Crippen LogP contribution in [0.2, 0.25) is 0 Å². The Balaban J connectivity index is 2.34. The molecule has 76 valence electrons. The van der Waals surface area contributed by atoms with Gasteiger partial charge in [0.1, 0.15) is 0 Å². The fourth-order valence-corrected chi connectivity index (χ4v) is 1.75. The summed E-state index contributed by atoms with van der Waals surface area (Å²) in [6, 6.07) is -0.130. The number of carbonyl (C=O) groups excluding carboxylic acids is 1. The highest BCUT2D eigenvalue weighted by Gasteiger charge is 2.27. The highest BCUT2D eigenvalue weighted by atomic mass is 16.3. The Morgan fingerprint density at radius 2 is 2.23 bits per heavy atom. The maximum Gasteiger partial charge on any atom is 0.236 e. The Hall–Kier alpha value is -0.610. The third-order valence-electron chi connectivity index (χ3n) is 2.58. The zero-order chi connectivity index (χ0) is 9.84. The zero-order valence-electron chi connectivity index (χ0n) is 8.21. The Morgan fingerprint density at radius 1 is 1.54 bits per heavy atom. The van der Waals surface area contributed by atoms with E-state index in [1.807, 2.05) is 6.92 Å².